The van der Waals surface area contributed by atoms with Crippen molar-refractivity contribution in [1.82, 2.24) is 0 Å². The zero-order valence-electron chi connectivity index (χ0n) is 15.4. The normalized spacial score (nSPS) is 11.0. The second-order valence-corrected chi connectivity index (χ2v) is 6.42. The maximum absolute atomic E-state index is 11.6. The first kappa shape index (κ1) is 23.4. The van der Waals surface area contributed by atoms with Gasteiger partial charge in [0.2, 0.25) is 0 Å². The molecular weight excluding hydrogens is 449 g/mol. The fourth-order valence-corrected chi connectivity index (χ4v) is 2.69. The van der Waals surface area contributed by atoms with Gasteiger partial charge in [-0.05, 0) is 45.6 Å². The van der Waals surface area contributed by atoms with Gasteiger partial charge in [-0.25, -0.2) is 4.79 Å². The third kappa shape index (κ3) is 7.55. The quantitative estimate of drug-likeness (QED) is 0.297. The van der Waals surface area contributed by atoms with E-state index in [0.29, 0.717) is 5.56 Å². The number of hydrogen-bond donors (Lipinski definition) is 1. The molecular formula is C21H29HoO2-. The van der Waals surface area contributed by atoms with Gasteiger partial charge in [0.25, 0.3) is 0 Å². The van der Waals surface area contributed by atoms with Crippen LogP contribution in [0.3, 0.4) is 0 Å². The van der Waals surface area contributed by atoms with E-state index in [9.17, 15) is 9.90 Å². The first-order valence-electron chi connectivity index (χ1n) is 8.42. The maximum atomic E-state index is 11.6. The van der Waals surface area contributed by atoms with Crippen LogP contribution in [0.5, 0.6) is 0 Å². The number of aromatic carboxylic acids is 1. The number of hydrogen-bond acceptors (Lipinski definition) is 1. The van der Waals surface area contributed by atoms with Crippen molar-refractivity contribution in [1.29, 1.82) is 0 Å². The van der Waals surface area contributed by atoms with Crippen molar-refractivity contribution in [2.24, 2.45) is 0 Å². The van der Waals surface area contributed by atoms with Crippen LogP contribution < -0.4 is 0 Å². The Morgan fingerprint density at radius 1 is 1.25 bits per heavy atom. The van der Waals surface area contributed by atoms with E-state index in [1.54, 1.807) is 0 Å². The van der Waals surface area contributed by atoms with Crippen molar-refractivity contribution >= 4 is 5.97 Å². The summed E-state index contributed by atoms with van der Waals surface area (Å²) in [6.07, 6.45) is 9.03. The van der Waals surface area contributed by atoms with E-state index in [1.807, 2.05) is 13.0 Å². The van der Waals surface area contributed by atoms with Gasteiger partial charge in [0, 0.05) is 37.7 Å². The van der Waals surface area contributed by atoms with E-state index in [0.717, 1.165) is 48.8 Å². The van der Waals surface area contributed by atoms with Gasteiger partial charge in [0.15, 0.2) is 0 Å². The molecule has 0 aliphatic carbocycles. The van der Waals surface area contributed by atoms with Crippen molar-refractivity contribution in [3.05, 3.63) is 57.7 Å². The minimum absolute atomic E-state index is 0. The van der Waals surface area contributed by atoms with Gasteiger partial charge >= 0.3 is 5.97 Å². The molecule has 24 heavy (non-hydrogen) atoms. The summed E-state index contributed by atoms with van der Waals surface area (Å²) in [5, 5.41) is 9.51. The molecule has 0 aliphatic rings. The first-order chi connectivity index (χ1) is 10.9. The van der Waals surface area contributed by atoms with Crippen LogP contribution in [0.2, 0.25) is 0 Å². The standard InChI is InChI=1S/C21H29O2.Ho/c1-6-8-19-14-13-18(17(5)20(19)21(22)23)12-11-16(4)10-7-9-15(2)3;/h9,11,14H,6-8,10,12H2,1-5H3,(H,22,23);/q-1;/b16-11+;. The van der Waals surface area contributed by atoms with E-state index in [1.165, 1.54) is 11.1 Å². The second-order valence-electron chi connectivity index (χ2n) is 6.42. The Morgan fingerprint density at radius 2 is 1.92 bits per heavy atom. The molecule has 0 aromatic heterocycles. The summed E-state index contributed by atoms with van der Waals surface area (Å²) in [5.41, 5.74) is 5.90. The zero-order chi connectivity index (χ0) is 17.4. The summed E-state index contributed by atoms with van der Waals surface area (Å²) in [6, 6.07) is 5.16. The number of carboxylic acids is 1. The summed E-state index contributed by atoms with van der Waals surface area (Å²) in [4.78, 5) is 11.6. The smallest absolute Gasteiger partial charge is 0.311 e. The van der Waals surface area contributed by atoms with E-state index in [2.05, 4.69) is 45.9 Å². The molecule has 1 aromatic carbocycles. The Bertz CT molecular complexity index is 609. The van der Waals surface area contributed by atoms with Gasteiger partial charge in [-0.15, -0.1) is 11.1 Å². The molecule has 1 N–H and O–H groups in total. The van der Waals surface area contributed by atoms with Crippen molar-refractivity contribution < 1.29 is 47.6 Å². The maximum Gasteiger partial charge on any atom is 0.311 e. The minimum Gasteiger partial charge on any atom is -0.479 e. The number of allylic oxidation sites excluding steroid dienone is 4. The minimum atomic E-state index is -0.828. The Hall–Kier alpha value is -0.570. The molecule has 0 amide bonds. The largest absolute Gasteiger partial charge is 0.479 e. The molecule has 0 spiro atoms. The molecule has 0 bridgehead atoms. The van der Waals surface area contributed by atoms with Gasteiger partial charge in [0.1, 0.15) is 0 Å². The number of carboxylic acid groups (broad SMARTS) is 1. The Balaban J connectivity index is 0.00000529. The Morgan fingerprint density at radius 3 is 2.46 bits per heavy atom. The molecule has 0 fully saturated rings. The van der Waals surface area contributed by atoms with Gasteiger partial charge in [-0.3, -0.25) is 0 Å². The predicted molar refractivity (Wildman–Crippen MR) is 97.1 cm³/mol. The molecule has 0 saturated carbocycles. The van der Waals surface area contributed by atoms with E-state index >= 15 is 0 Å². The molecule has 137 valence electrons. The molecule has 3 heteroatoms. The van der Waals surface area contributed by atoms with Crippen LogP contribution >= 0.6 is 0 Å². The van der Waals surface area contributed by atoms with Gasteiger partial charge in [0.05, 0.1) is 0 Å². The number of aryl methyl sites for hydroxylation is 1. The van der Waals surface area contributed by atoms with Crippen LogP contribution in [0.4, 0.5) is 0 Å². The van der Waals surface area contributed by atoms with Crippen LogP contribution in [0.25, 0.3) is 0 Å². The predicted octanol–water partition coefficient (Wildman–Crippen LogP) is 5.68. The third-order valence-electron chi connectivity index (χ3n) is 4.05. The topological polar surface area (TPSA) is 37.3 Å². The summed E-state index contributed by atoms with van der Waals surface area (Å²) in [5.74, 6) is -0.828. The van der Waals surface area contributed by atoms with Crippen molar-refractivity contribution in [3.8, 4) is 0 Å². The van der Waals surface area contributed by atoms with Crippen LogP contribution in [0.15, 0.2) is 29.4 Å². The average molecular weight is 478 g/mol. The number of rotatable bonds is 8. The average Bonchev–Trinajstić information content (AvgIpc) is 2.46. The fraction of sp³-hybridized carbons (Fsp3) is 0.476. The fourth-order valence-electron chi connectivity index (χ4n) is 2.69. The molecule has 0 aliphatic heterocycles. The van der Waals surface area contributed by atoms with Crippen molar-refractivity contribution in [2.45, 2.75) is 66.7 Å². The second kappa shape index (κ2) is 11.9. The molecule has 0 saturated heterocycles. The summed E-state index contributed by atoms with van der Waals surface area (Å²) in [6.45, 7) is 10.3. The molecule has 2 nitrogen and oxygen atoms in total. The molecule has 1 radical (unpaired) electrons. The van der Waals surface area contributed by atoms with Crippen molar-refractivity contribution in [3.63, 3.8) is 0 Å². The van der Waals surface area contributed by atoms with Gasteiger partial charge in [-0.2, -0.15) is 17.7 Å². The Kier molecular flexibility index (Phi) is 11.6. The van der Waals surface area contributed by atoms with Gasteiger partial charge in [-0.1, -0.05) is 50.0 Å². The van der Waals surface area contributed by atoms with E-state index in [4.69, 9.17) is 0 Å². The Labute approximate surface area is 177 Å². The first-order valence-corrected chi connectivity index (χ1v) is 8.42. The van der Waals surface area contributed by atoms with Crippen LogP contribution in [0.1, 0.15) is 74.0 Å². The SMILES string of the molecule is CCCc1c[c-]c(C/C=C(\C)CCC=C(C)C)c(C)c1C(=O)O.[Ho]. The molecule has 1 rings (SSSR count). The monoisotopic (exact) mass is 478 g/mol. The van der Waals surface area contributed by atoms with Gasteiger partial charge < -0.3 is 5.11 Å². The van der Waals surface area contributed by atoms with Crippen LogP contribution in [-0.4, -0.2) is 11.1 Å². The van der Waals surface area contributed by atoms with Crippen molar-refractivity contribution in [2.75, 3.05) is 0 Å². The van der Waals surface area contributed by atoms with E-state index in [-0.39, 0.29) is 37.7 Å². The third-order valence-corrected chi connectivity index (χ3v) is 4.05. The zero-order valence-corrected chi connectivity index (χ0v) is 17.4. The summed E-state index contributed by atoms with van der Waals surface area (Å²) < 4.78 is 0. The summed E-state index contributed by atoms with van der Waals surface area (Å²) >= 11 is 0. The van der Waals surface area contributed by atoms with E-state index < -0.39 is 5.97 Å². The van der Waals surface area contributed by atoms with Crippen LogP contribution in [0, 0.1) is 50.7 Å². The molecule has 0 unspecified atom stereocenters. The molecule has 0 atom stereocenters. The summed E-state index contributed by atoms with van der Waals surface area (Å²) in [7, 11) is 0. The molecule has 1 aromatic rings. The number of carbonyl (C=O) groups is 1. The molecule has 0 heterocycles. The van der Waals surface area contributed by atoms with Crippen LogP contribution in [-0.2, 0) is 12.8 Å². The number of benzene rings is 1.